The van der Waals surface area contributed by atoms with Crippen LogP contribution < -0.4 is 15.8 Å². The van der Waals surface area contributed by atoms with Crippen molar-refractivity contribution in [2.45, 2.75) is 46.6 Å². The van der Waals surface area contributed by atoms with Crippen molar-refractivity contribution in [2.75, 3.05) is 17.7 Å². The van der Waals surface area contributed by atoms with E-state index in [1.807, 2.05) is 18.2 Å². The first-order chi connectivity index (χ1) is 8.58. The van der Waals surface area contributed by atoms with Crippen molar-refractivity contribution in [3.05, 3.63) is 18.2 Å². The Morgan fingerprint density at radius 2 is 2.00 bits per heavy atom. The van der Waals surface area contributed by atoms with Gasteiger partial charge in [0, 0.05) is 17.8 Å². The molecule has 0 amide bonds. The van der Waals surface area contributed by atoms with Crippen LogP contribution in [-0.4, -0.2) is 12.6 Å². The van der Waals surface area contributed by atoms with Crippen molar-refractivity contribution in [3.8, 4) is 5.75 Å². The van der Waals surface area contributed by atoms with Crippen LogP contribution in [-0.2, 0) is 0 Å². The van der Waals surface area contributed by atoms with E-state index in [2.05, 4.69) is 33.0 Å². The van der Waals surface area contributed by atoms with Crippen molar-refractivity contribution in [1.29, 1.82) is 0 Å². The van der Waals surface area contributed by atoms with E-state index in [-0.39, 0.29) is 0 Å². The predicted molar refractivity (Wildman–Crippen MR) is 79.2 cm³/mol. The van der Waals surface area contributed by atoms with Gasteiger partial charge in [0.25, 0.3) is 0 Å². The number of hydrogen-bond donors (Lipinski definition) is 2. The topological polar surface area (TPSA) is 47.3 Å². The molecule has 3 N–H and O–H groups in total. The Balaban J connectivity index is 2.77. The molecule has 0 saturated carbocycles. The largest absolute Gasteiger partial charge is 0.491 e. The van der Waals surface area contributed by atoms with Gasteiger partial charge in [0.15, 0.2) is 0 Å². The van der Waals surface area contributed by atoms with E-state index in [0.717, 1.165) is 24.3 Å². The monoisotopic (exact) mass is 250 g/mol. The van der Waals surface area contributed by atoms with Gasteiger partial charge in [0.05, 0.1) is 12.3 Å². The number of rotatable bonds is 7. The zero-order valence-corrected chi connectivity index (χ0v) is 12.0. The van der Waals surface area contributed by atoms with Crippen LogP contribution in [0.4, 0.5) is 11.4 Å². The maximum atomic E-state index is 5.90. The SMILES string of the molecule is CCCOc1cc(NC(CC)C(C)C)ccc1N. The van der Waals surface area contributed by atoms with Crippen LogP contribution >= 0.6 is 0 Å². The Morgan fingerprint density at radius 1 is 1.28 bits per heavy atom. The van der Waals surface area contributed by atoms with Crippen molar-refractivity contribution in [3.63, 3.8) is 0 Å². The molecular formula is C15H26N2O. The third-order valence-corrected chi connectivity index (χ3v) is 3.07. The van der Waals surface area contributed by atoms with Crippen LogP contribution in [0.2, 0.25) is 0 Å². The Bertz CT molecular complexity index is 364. The van der Waals surface area contributed by atoms with E-state index in [9.17, 15) is 0 Å². The van der Waals surface area contributed by atoms with E-state index in [1.165, 1.54) is 0 Å². The van der Waals surface area contributed by atoms with Crippen molar-refractivity contribution in [1.82, 2.24) is 0 Å². The maximum absolute atomic E-state index is 5.90. The molecular weight excluding hydrogens is 224 g/mol. The molecule has 18 heavy (non-hydrogen) atoms. The highest BCUT2D eigenvalue weighted by molar-refractivity contribution is 5.61. The quantitative estimate of drug-likeness (QED) is 0.721. The molecule has 1 rings (SSSR count). The average Bonchev–Trinajstić information content (AvgIpc) is 2.35. The van der Waals surface area contributed by atoms with Gasteiger partial charge in [-0.15, -0.1) is 0 Å². The maximum Gasteiger partial charge on any atom is 0.144 e. The Hall–Kier alpha value is -1.38. The first kappa shape index (κ1) is 14.7. The third kappa shape index (κ3) is 4.13. The summed E-state index contributed by atoms with van der Waals surface area (Å²) in [6, 6.07) is 6.39. The summed E-state index contributed by atoms with van der Waals surface area (Å²) in [5.74, 6) is 1.38. The minimum absolute atomic E-state index is 0.479. The van der Waals surface area contributed by atoms with E-state index in [4.69, 9.17) is 10.5 Å². The van der Waals surface area contributed by atoms with Crippen molar-refractivity contribution >= 4 is 11.4 Å². The second-order valence-corrected chi connectivity index (χ2v) is 5.00. The number of hydrogen-bond acceptors (Lipinski definition) is 3. The standard InChI is InChI=1S/C15H26N2O/c1-5-9-18-15-10-12(7-8-13(15)16)17-14(6-2)11(3)4/h7-8,10-11,14,17H,5-6,9,16H2,1-4H3. The molecule has 0 aliphatic carbocycles. The number of benzene rings is 1. The lowest BCUT2D eigenvalue weighted by Crippen LogP contribution is -2.24. The van der Waals surface area contributed by atoms with Gasteiger partial charge in [0.2, 0.25) is 0 Å². The summed E-state index contributed by atoms with van der Waals surface area (Å²) < 4.78 is 5.64. The summed E-state index contributed by atoms with van der Waals surface area (Å²) in [6.45, 7) is 9.45. The van der Waals surface area contributed by atoms with Crippen LogP contribution in [0.5, 0.6) is 5.75 Å². The van der Waals surface area contributed by atoms with Crippen LogP contribution in [0.15, 0.2) is 18.2 Å². The number of ether oxygens (including phenoxy) is 1. The van der Waals surface area contributed by atoms with Gasteiger partial charge in [0.1, 0.15) is 5.75 Å². The Kier molecular flexibility index (Phi) is 5.83. The van der Waals surface area contributed by atoms with E-state index in [0.29, 0.717) is 24.3 Å². The van der Waals surface area contributed by atoms with Crippen molar-refractivity contribution < 1.29 is 4.74 Å². The molecule has 0 spiro atoms. The minimum atomic E-state index is 0.479. The fraction of sp³-hybridized carbons (Fsp3) is 0.600. The normalized spacial score (nSPS) is 12.5. The Labute approximate surface area is 111 Å². The van der Waals surface area contributed by atoms with Crippen LogP contribution in [0, 0.1) is 5.92 Å². The van der Waals surface area contributed by atoms with Gasteiger partial charge >= 0.3 is 0 Å². The number of nitrogens with one attached hydrogen (secondary N) is 1. The van der Waals surface area contributed by atoms with Crippen LogP contribution in [0.25, 0.3) is 0 Å². The minimum Gasteiger partial charge on any atom is -0.491 e. The highest BCUT2D eigenvalue weighted by Crippen LogP contribution is 2.27. The fourth-order valence-corrected chi connectivity index (χ4v) is 1.92. The van der Waals surface area contributed by atoms with Gasteiger partial charge in [-0.25, -0.2) is 0 Å². The summed E-state index contributed by atoms with van der Waals surface area (Å²) in [7, 11) is 0. The zero-order chi connectivity index (χ0) is 13.5. The van der Waals surface area contributed by atoms with Crippen LogP contribution in [0.3, 0.4) is 0 Å². The average molecular weight is 250 g/mol. The van der Waals surface area contributed by atoms with Gasteiger partial charge in [-0.3, -0.25) is 0 Å². The molecule has 3 heteroatoms. The number of anilines is 2. The molecule has 3 nitrogen and oxygen atoms in total. The molecule has 0 radical (unpaired) electrons. The van der Waals surface area contributed by atoms with E-state index < -0.39 is 0 Å². The fourth-order valence-electron chi connectivity index (χ4n) is 1.92. The van der Waals surface area contributed by atoms with E-state index >= 15 is 0 Å². The molecule has 0 aromatic heterocycles. The summed E-state index contributed by atoms with van der Waals surface area (Å²) in [6.07, 6.45) is 2.09. The number of nitrogens with two attached hydrogens (primary N) is 1. The lowest BCUT2D eigenvalue weighted by Gasteiger charge is -2.22. The number of nitrogen functional groups attached to an aromatic ring is 1. The summed E-state index contributed by atoms with van der Waals surface area (Å²) in [5, 5.41) is 3.54. The molecule has 0 heterocycles. The molecule has 102 valence electrons. The second kappa shape index (κ2) is 7.14. The van der Waals surface area contributed by atoms with Crippen molar-refractivity contribution in [2.24, 2.45) is 5.92 Å². The molecule has 1 aromatic carbocycles. The van der Waals surface area contributed by atoms with Gasteiger partial charge in [-0.1, -0.05) is 27.7 Å². The summed E-state index contributed by atoms with van der Waals surface area (Å²) in [4.78, 5) is 0. The molecule has 0 saturated heterocycles. The zero-order valence-electron chi connectivity index (χ0n) is 12.0. The third-order valence-electron chi connectivity index (χ3n) is 3.07. The Morgan fingerprint density at radius 3 is 2.56 bits per heavy atom. The molecule has 0 bridgehead atoms. The van der Waals surface area contributed by atoms with Gasteiger partial charge < -0.3 is 15.8 Å². The van der Waals surface area contributed by atoms with Gasteiger partial charge in [-0.05, 0) is 30.9 Å². The molecule has 1 atom stereocenters. The molecule has 1 unspecified atom stereocenters. The molecule has 0 fully saturated rings. The summed E-state index contributed by atoms with van der Waals surface area (Å²) >= 11 is 0. The highest BCUT2D eigenvalue weighted by atomic mass is 16.5. The molecule has 1 aromatic rings. The van der Waals surface area contributed by atoms with Gasteiger partial charge in [-0.2, -0.15) is 0 Å². The molecule has 0 aliphatic heterocycles. The first-order valence-corrected chi connectivity index (χ1v) is 6.87. The first-order valence-electron chi connectivity index (χ1n) is 6.87. The van der Waals surface area contributed by atoms with Crippen LogP contribution in [0.1, 0.15) is 40.5 Å². The predicted octanol–water partition coefficient (Wildman–Crippen LogP) is 3.90. The highest BCUT2D eigenvalue weighted by Gasteiger charge is 2.11. The molecule has 0 aliphatic rings. The smallest absolute Gasteiger partial charge is 0.144 e. The lowest BCUT2D eigenvalue weighted by atomic mass is 10.0. The lowest BCUT2D eigenvalue weighted by molar-refractivity contribution is 0.319. The summed E-state index contributed by atoms with van der Waals surface area (Å²) in [5.41, 5.74) is 7.68. The second-order valence-electron chi connectivity index (χ2n) is 5.00. The van der Waals surface area contributed by atoms with E-state index in [1.54, 1.807) is 0 Å².